The Morgan fingerprint density at radius 1 is 1.30 bits per heavy atom. The van der Waals surface area contributed by atoms with Crippen LogP contribution in [0.1, 0.15) is 23.6 Å². The zero-order chi connectivity index (χ0) is 19.8. The van der Waals surface area contributed by atoms with E-state index in [9.17, 15) is 10.1 Å². The van der Waals surface area contributed by atoms with E-state index in [1.165, 1.54) is 5.56 Å². The number of hydrogen-bond acceptors (Lipinski definition) is 7. The van der Waals surface area contributed by atoms with Crippen molar-refractivity contribution >= 4 is 17.2 Å². The minimum absolute atomic E-state index is 0.108. The highest BCUT2D eigenvalue weighted by molar-refractivity contribution is 5.74. The van der Waals surface area contributed by atoms with Crippen LogP contribution in [0.25, 0.3) is 0 Å². The number of nitrogens with zero attached hydrogens (tertiary/aromatic N) is 2. The first-order chi connectivity index (χ1) is 13.0. The second-order valence-electron chi connectivity index (χ2n) is 5.97. The molecule has 0 saturated heterocycles. The first-order valence-corrected chi connectivity index (χ1v) is 8.81. The number of pyridine rings is 1. The normalized spacial score (nSPS) is 10.5. The van der Waals surface area contributed by atoms with E-state index in [4.69, 9.17) is 9.47 Å². The minimum Gasteiger partial charge on any atom is -0.475 e. The Morgan fingerprint density at radius 2 is 2.07 bits per heavy atom. The topological polar surface area (TPSA) is 98.5 Å². The van der Waals surface area contributed by atoms with Gasteiger partial charge >= 0.3 is 5.69 Å². The van der Waals surface area contributed by atoms with Gasteiger partial charge in [0.05, 0.1) is 11.5 Å². The molecule has 0 aliphatic heterocycles. The van der Waals surface area contributed by atoms with Crippen LogP contribution < -0.4 is 15.4 Å². The molecule has 1 aromatic carbocycles. The number of aromatic nitrogens is 1. The Bertz CT molecular complexity index is 796. The third kappa shape index (κ3) is 5.07. The van der Waals surface area contributed by atoms with Gasteiger partial charge in [0.25, 0.3) is 0 Å². The number of nitrogens with one attached hydrogen (secondary N) is 2. The van der Waals surface area contributed by atoms with Gasteiger partial charge in [-0.2, -0.15) is 4.98 Å². The standard InChI is InChI=1S/C19H26N4O4/c1-5-14-8-6-7-13(2)15(14)12-21-16-11-17(27-10-9-26-4)22-19(20-3)18(16)23(24)25/h6-8,11H,5,9-10,12H2,1-4H3,(H2,20,21,22). The maximum Gasteiger partial charge on any atom is 0.334 e. The van der Waals surface area contributed by atoms with E-state index in [1.54, 1.807) is 20.2 Å². The molecule has 1 aromatic heterocycles. The number of methoxy groups -OCH3 is 1. The fourth-order valence-corrected chi connectivity index (χ4v) is 2.84. The predicted octanol–water partition coefficient (Wildman–Crippen LogP) is 3.54. The Morgan fingerprint density at radius 3 is 2.70 bits per heavy atom. The lowest BCUT2D eigenvalue weighted by atomic mass is 10.00. The molecule has 0 amide bonds. The molecule has 0 aliphatic rings. The molecule has 0 unspecified atom stereocenters. The molecule has 2 aromatic rings. The molecular weight excluding hydrogens is 348 g/mol. The summed E-state index contributed by atoms with van der Waals surface area (Å²) in [6.45, 7) is 5.31. The second kappa shape index (κ2) is 9.72. The van der Waals surface area contributed by atoms with E-state index >= 15 is 0 Å². The number of benzene rings is 1. The number of nitro groups is 1. The first-order valence-electron chi connectivity index (χ1n) is 8.81. The third-order valence-corrected chi connectivity index (χ3v) is 4.27. The third-order valence-electron chi connectivity index (χ3n) is 4.27. The van der Waals surface area contributed by atoms with Gasteiger partial charge in [-0.1, -0.05) is 25.1 Å². The van der Waals surface area contributed by atoms with Gasteiger partial charge in [-0.15, -0.1) is 0 Å². The van der Waals surface area contributed by atoms with Crippen LogP contribution in [0.2, 0.25) is 0 Å². The van der Waals surface area contributed by atoms with Crippen molar-refractivity contribution in [3.63, 3.8) is 0 Å². The Labute approximate surface area is 159 Å². The number of ether oxygens (including phenoxy) is 2. The monoisotopic (exact) mass is 374 g/mol. The molecule has 8 heteroatoms. The van der Waals surface area contributed by atoms with E-state index < -0.39 is 4.92 Å². The van der Waals surface area contributed by atoms with E-state index in [2.05, 4.69) is 28.6 Å². The average Bonchev–Trinajstić information content (AvgIpc) is 2.66. The van der Waals surface area contributed by atoms with Gasteiger partial charge in [-0.3, -0.25) is 10.1 Å². The van der Waals surface area contributed by atoms with Crippen LogP contribution in [0.5, 0.6) is 5.88 Å². The molecule has 0 spiro atoms. The van der Waals surface area contributed by atoms with Gasteiger partial charge in [0, 0.05) is 26.8 Å². The lowest BCUT2D eigenvalue weighted by molar-refractivity contribution is -0.383. The quantitative estimate of drug-likeness (QED) is 0.373. The lowest BCUT2D eigenvalue weighted by Crippen LogP contribution is -2.11. The molecular formula is C19H26N4O4. The van der Waals surface area contributed by atoms with Crippen molar-refractivity contribution in [3.05, 3.63) is 51.1 Å². The molecule has 0 fully saturated rings. The molecule has 0 saturated carbocycles. The van der Waals surface area contributed by atoms with Gasteiger partial charge < -0.3 is 20.1 Å². The van der Waals surface area contributed by atoms with Crippen LogP contribution in [0.15, 0.2) is 24.3 Å². The summed E-state index contributed by atoms with van der Waals surface area (Å²) < 4.78 is 10.5. The summed E-state index contributed by atoms with van der Waals surface area (Å²) in [5.74, 6) is 0.447. The highest BCUT2D eigenvalue weighted by atomic mass is 16.6. The summed E-state index contributed by atoms with van der Waals surface area (Å²) in [4.78, 5) is 15.3. The SMILES string of the molecule is CCc1cccc(C)c1CNc1cc(OCCOC)nc(NC)c1[N+](=O)[O-]. The molecule has 0 radical (unpaired) electrons. The second-order valence-corrected chi connectivity index (χ2v) is 5.97. The zero-order valence-electron chi connectivity index (χ0n) is 16.2. The van der Waals surface area contributed by atoms with Crippen LogP contribution >= 0.6 is 0 Å². The number of aryl methyl sites for hydroxylation is 2. The molecule has 2 rings (SSSR count). The smallest absolute Gasteiger partial charge is 0.334 e. The van der Waals surface area contributed by atoms with Crippen molar-refractivity contribution in [1.82, 2.24) is 4.98 Å². The van der Waals surface area contributed by atoms with Crippen LogP contribution in [-0.2, 0) is 17.7 Å². The van der Waals surface area contributed by atoms with Crippen LogP contribution in [0.4, 0.5) is 17.2 Å². The molecule has 8 nitrogen and oxygen atoms in total. The van der Waals surface area contributed by atoms with Gasteiger partial charge in [-0.25, -0.2) is 0 Å². The Kier molecular flexibility index (Phi) is 7.36. The van der Waals surface area contributed by atoms with Gasteiger partial charge in [0.15, 0.2) is 0 Å². The number of hydrogen-bond donors (Lipinski definition) is 2. The maximum atomic E-state index is 11.6. The van der Waals surface area contributed by atoms with Gasteiger partial charge in [0.2, 0.25) is 11.7 Å². The van der Waals surface area contributed by atoms with E-state index in [0.29, 0.717) is 31.3 Å². The molecule has 2 N–H and O–H groups in total. The molecule has 0 bridgehead atoms. The Balaban J connectivity index is 2.35. The van der Waals surface area contributed by atoms with Crippen molar-refractivity contribution < 1.29 is 14.4 Å². The summed E-state index contributed by atoms with van der Waals surface area (Å²) >= 11 is 0. The molecule has 0 atom stereocenters. The van der Waals surface area contributed by atoms with Crippen LogP contribution in [0, 0.1) is 17.0 Å². The largest absolute Gasteiger partial charge is 0.475 e. The average molecular weight is 374 g/mol. The highest BCUT2D eigenvalue weighted by Gasteiger charge is 2.23. The minimum atomic E-state index is -0.446. The van der Waals surface area contributed by atoms with Crippen molar-refractivity contribution in [3.8, 4) is 5.88 Å². The summed E-state index contributed by atoms with van der Waals surface area (Å²) in [6, 6.07) is 7.69. The first kappa shape index (κ1) is 20.4. The number of anilines is 2. The predicted molar refractivity (Wildman–Crippen MR) is 106 cm³/mol. The fraction of sp³-hybridized carbons (Fsp3) is 0.421. The maximum absolute atomic E-state index is 11.6. The van der Waals surface area contributed by atoms with Gasteiger partial charge in [-0.05, 0) is 30.0 Å². The molecule has 1 heterocycles. The molecule has 27 heavy (non-hydrogen) atoms. The van der Waals surface area contributed by atoms with Crippen molar-refractivity contribution in [2.75, 3.05) is 38.0 Å². The van der Waals surface area contributed by atoms with Crippen molar-refractivity contribution in [1.29, 1.82) is 0 Å². The number of rotatable bonds is 10. The van der Waals surface area contributed by atoms with Crippen molar-refractivity contribution in [2.24, 2.45) is 0 Å². The van der Waals surface area contributed by atoms with E-state index in [0.717, 1.165) is 17.5 Å². The van der Waals surface area contributed by atoms with Crippen LogP contribution in [-0.4, -0.2) is 37.3 Å². The van der Waals surface area contributed by atoms with Crippen molar-refractivity contribution in [2.45, 2.75) is 26.8 Å². The zero-order valence-corrected chi connectivity index (χ0v) is 16.2. The van der Waals surface area contributed by atoms with E-state index in [1.807, 2.05) is 19.1 Å². The summed E-state index contributed by atoms with van der Waals surface area (Å²) in [6.07, 6.45) is 0.893. The molecule has 146 valence electrons. The van der Waals surface area contributed by atoms with E-state index in [-0.39, 0.29) is 11.5 Å². The van der Waals surface area contributed by atoms with Gasteiger partial charge in [0.1, 0.15) is 12.3 Å². The highest BCUT2D eigenvalue weighted by Crippen LogP contribution is 2.35. The Hall–Kier alpha value is -2.87. The lowest BCUT2D eigenvalue weighted by Gasteiger charge is -2.15. The summed E-state index contributed by atoms with van der Waals surface area (Å²) in [5, 5.41) is 17.6. The summed E-state index contributed by atoms with van der Waals surface area (Å²) in [7, 11) is 3.17. The van der Waals surface area contributed by atoms with Crippen LogP contribution in [0.3, 0.4) is 0 Å². The summed E-state index contributed by atoms with van der Waals surface area (Å²) in [5.41, 5.74) is 3.74. The molecule has 0 aliphatic carbocycles. The fourth-order valence-electron chi connectivity index (χ4n) is 2.84.